The molecule has 26 heavy (non-hydrogen) atoms. The summed E-state index contributed by atoms with van der Waals surface area (Å²) in [5, 5.41) is 0. The Hall–Kier alpha value is -2.49. The Balaban J connectivity index is 1.57. The molecule has 138 valence electrons. The molecule has 4 heteroatoms. The number of nitrogens with zero attached hydrogens (tertiary/aromatic N) is 2. The minimum atomic E-state index is -0.468. The highest BCUT2D eigenvalue weighted by Gasteiger charge is 2.26. The lowest BCUT2D eigenvalue weighted by atomic mass is 10.1. The molecule has 0 unspecified atom stereocenters. The van der Waals surface area contributed by atoms with Gasteiger partial charge in [-0.3, -0.25) is 4.79 Å². The van der Waals surface area contributed by atoms with Crippen molar-refractivity contribution in [2.45, 2.75) is 33.8 Å². The fourth-order valence-corrected chi connectivity index (χ4v) is 3.37. The first-order chi connectivity index (χ1) is 12.5. The van der Waals surface area contributed by atoms with Crippen molar-refractivity contribution in [2.24, 2.45) is 0 Å². The first kappa shape index (κ1) is 18.3. The maximum Gasteiger partial charge on any atom is 0.263 e. The Kier molecular flexibility index (Phi) is 5.50. The Labute approximate surface area is 156 Å². The van der Waals surface area contributed by atoms with Crippen LogP contribution in [0.3, 0.4) is 0 Å². The molecule has 0 aromatic heterocycles. The van der Waals surface area contributed by atoms with Crippen LogP contribution in [0.15, 0.2) is 42.5 Å². The van der Waals surface area contributed by atoms with Crippen molar-refractivity contribution >= 4 is 11.6 Å². The minimum Gasteiger partial charge on any atom is -0.481 e. The lowest BCUT2D eigenvalue weighted by molar-refractivity contribution is -0.138. The van der Waals surface area contributed by atoms with Gasteiger partial charge in [-0.1, -0.05) is 29.8 Å². The molecule has 1 fully saturated rings. The monoisotopic (exact) mass is 352 g/mol. The van der Waals surface area contributed by atoms with E-state index in [1.165, 1.54) is 22.4 Å². The Morgan fingerprint density at radius 2 is 1.62 bits per heavy atom. The second-order valence-electron chi connectivity index (χ2n) is 7.10. The SMILES string of the molecule is Cc1ccc(O[C@H](C)C(=O)N2CCN(c3cccc(C)c3C)CC2)cc1. The van der Waals surface area contributed by atoms with Crippen LogP contribution in [0.1, 0.15) is 23.6 Å². The summed E-state index contributed by atoms with van der Waals surface area (Å²) in [6.07, 6.45) is -0.468. The first-order valence-electron chi connectivity index (χ1n) is 9.29. The number of anilines is 1. The molecule has 1 saturated heterocycles. The third-order valence-corrected chi connectivity index (χ3v) is 5.19. The molecule has 0 bridgehead atoms. The zero-order valence-electron chi connectivity index (χ0n) is 16.2. The van der Waals surface area contributed by atoms with Gasteiger partial charge in [-0.2, -0.15) is 0 Å². The lowest BCUT2D eigenvalue weighted by Gasteiger charge is -2.38. The van der Waals surface area contributed by atoms with Gasteiger partial charge in [-0.25, -0.2) is 0 Å². The van der Waals surface area contributed by atoms with Crippen molar-refractivity contribution < 1.29 is 9.53 Å². The van der Waals surface area contributed by atoms with Crippen molar-refractivity contribution in [2.75, 3.05) is 31.1 Å². The minimum absolute atomic E-state index is 0.0613. The summed E-state index contributed by atoms with van der Waals surface area (Å²) in [5.74, 6) is 0.802. The van der Waals surface area contributed by atoms with Gasteiger partial charge in [0.15, 0.2) is 6.10 Å². The molecule has 2 aromatic rings. The Morgan fingerprint density at radius 3 is 2.27 bits per heavy atom. The Morgan fingerprint density at radius 1 is 0.962 bits per heavy atom. The number of amides is 1. The maximum absolute atomic E-state index is 12.7. The average Bonchev–Trinajstić information content (AvgIpc) is 2.65. The molecule has 4 nitrogen and oxygen atoms in total. The van der Waals surface area contributed by atoms with Crippen molar-refractivity contribution in [1.82, 2.24) is 4.90 Å². The summed E-state index contributed by atoms with van der Waals surface area (Å²) in [4.78, 5) is 17.0. The predicted octanol–water partition coefficient (Wildman–Crippen LogP) is 3.73. The lowest BCUT2D eigenvalue weighted by Crippen LogP contribution is -2.52. The smallest absolute Gasteiger partial charge is 0.263 e. The highest BCUT2D eigenvalue weighted by Crippen LogP contribution is 2.24. The quantitative estimate of drug-likeness (QED) is 0.841. The third-order valence-electron chi connectivity index (χ3n) is 5.19. The fourth-order valence-electron chi connectivity index (χ4n) is 3.37. The number of hydrogen-bond donors (Lipinski definition) is 0. The van der Waals surface area contributed by atoms with Crippen LogP contribution in [0.25, 0.3) is 0 Å². The largest absolute Gasteiger partial charge is 0.481 e. The van der Waals surface area contributed by atoms with Crippen molar-refractivity contribution in [1.29, 1.82) is 0 Å². The van der Waals surface area contributed by atoms with Crippen LogP contribution in [0, 0.1) is 20.8 Å². The zero-order chi connectivity index (χ0) is 18.7. The number of hydrogen-bond acceptors (Lipinski definition) is 3. The third kappa shape index (κ3) is 4.01. The molecule has 0 saturated carbocycles. The summed E-state index contributed by atoms with van der Waals surface area (Å²) < 4.78 is 5.83. The number of aryl methyl sites for hydroxylation is 2. The van der Waals surface area contributed by atoms with E-state index in [0.29, 0.717) is 0 Å². The highest BCUT2D eigenvalue weighted by atomic mass is 16.5. The standard InChI is InChI=1S/C22H28N2O2/c1-16-8-10-20(11-9-16)26-19(4)22(25)24-14-12-23(13-15-24)21-7-5-6-17(2)18(21)3/h5-11,19H,12-15H2,1-4H3/t19-/m1/s1. The van der Waals surface area contributed by atoms with Crippen molar-refractivity contribution in [3.63, 3.8) is 0 Å². The van der Waals surface area contributed by atoms with E-state index in [1.54, 1.807) is 0 Å². The van der Waals surface area contributed by atoms with Crippen LogP contribution in [-0.4, -0.2) is 43.1 Å². The van der Waals surface area contributed by atoms with Crippen LogP contribution in [-0.2, 0) is 4.79 Å². The predicted molar refractivity (Wildman–Crippen MR) is 106 cm³/mol. The molecule has 0 spiro atoms. The van der Waals surface area contributed by atoms with Gasteiger partial charge in [0, 0.05) is 31.9 Å². The fraction of sp³-hybridized carbons (Fsp3) is 0.409. The van der Waals surface area contributed by atoms with Crippen molar-refractivity contribution in [3.8, 4) is 5.75 Å². The van der Waals surface area contributed by atoms with Crippen LogP contribution in [0.5, 0.6) is 5.75 Å². The van der Waals surface area contributed by atoms with Crippen LogP contribution in [0.4, 0.5) is 5.69 Å². The van der Waals surface area contributed by atoms with Crippen LogP contribution in [0.2, 0.25) is 0 Å². The number of ether oxygens (including phenoxy) is 1. The number of carbonyl (C=O) groups is 1. The van der Waals surface area contributed by atoms with E-state index in [4.69, 9.17) is 4.74 Å². The van der Waals surface area contributed by atoms with E-state index in [-0.39, 0.29) is 5.91 Å². The Bertz CT molecular complexity index is 762. The second-order valence-corrected chi connectivity index (χ2v) is 7.10. The van der Waals surface area contributed by atoms with Crippen LogP contribution >= 0.6 is 0 Å². The van der Waals surface area contributed by atoms with Gasteiger partial charge in [0.2, 0.25) is 0 Å². The molecule has 1 heterocycles. The molecule has 1 amide bonds. The van der Waals surface area contributed by atoms with E-state index in [0.717, 1.165) is 31.9 Å². The molecule has 2 aromatic carbocycles. The van der Waals surface area contributed by atoms with Gasteiger partial charge in [0.25, 0.3) is 5.91 Å². The summed E-state index contributed by atoms with van der Waals surface area (Å²) in [7, 11) is 0. The van der Waals surface area contributed by atoms with E-state index in [1.807, 2.05) is 43.0 Å². The van der Waals surface area contributed by atoms with Gasteiger partial charge < -0.3 is 14.5 Å². The number of piperazine rings is 1. The van der Waals surface area contributed by atoms with Gasteiger partial charge >= 0.3 is 0 Å². The van der Waals surface area contributed by atoms with Gasteiger partial charge in [-0.15, -0.1) is 0 Å². The first-order valence-corrected chi connectivity index (χ1v) is 9.29. The number of rotatable bonds is 4. The van der Waals surface area contributed by atoms with Gasteiger partial charge in [0.05, 0.1) is 0 Å². The molecule has 3 rings (SSSR count). The number of carbonyl (C=O) groups excluding carboxylic acids is 1. The molecule has 1 aliphatic rings. The van der Waals surface area contributed by atoms with Crippen LogP contribution < -0.4 is 9.64 Å². The molecular formula is C22H28N2O2. The highest BCUT2D eigenvalue weighted by molar-refractivity contribution is 5.81. The molecule has 1 aliphatic heterocycles. The molecule has 0 radical (unpaired) electrons. The summed E-state index contributed by atoms with van der Waals surface area (Å²) >= 11 is 0. The summed E-state index contributed by atoms with van der Waals surface area (Å²) in [5.41, 5.74) is 5.09. The molecule has 1 atom stereocenters. The molecule has 0 aliphatic carbocycles. The van der Waals surface area contributed by atoms with Gasteiger partial charge in [0.1, 0.15) is 5.75 Å². The maximum atomic E-state index is 12.7. The normalized spacial score (nSPS) is 15.7. The average molecular weight is 352 g/mol. The second kappa shape index (κ2) is 7.81. The van der Waals surface area contributed by atoms with Crippen molar-refractivity contribution in [3.05, 3.63) is 59.2 Å². The zero-order valence-corrected chi connectivity index (χ0v) is 16.2. The van der Waals surface area contributed by atoms with E-state index in [2.05, 4.69) is 36.9 Å². The molecule has 0 N–H and O–H groups in total. The van der Waals surface area contributed by atoms with E-state index < -0.39 is 6.10 Å². The summed E-state index contributed by atoms with van der Waals surface area (Å²) in [6, 6.07) is 14.2. The molecular weight excluding hydrogens is 324 g/mol. The van der Waals surface area contributed by atoms with Gasteiger partial charge in [-0.05, 0) is 57.0 Å². The van der Waals surface area contributed by atoms with E-state index in [9.17, 15) is 4.79 Å². The number of benzene rings is 2. The van der Waals surface area contributed by atoms with E-state index >= 15 is 0 Å². The summed E-state index contributed by atoms with van der Waals surface area (Å²) in [6.45, 7) is 11.3. The topological polar surface area (TPSA) is 32.8 Å².